The zero-order valence-corrected chi connectivity index (χ0v) is 17.8. The quantitative estimate of drug-likeness (QED) is 0.453. The van der Waals surface area contributed by atoms with Crippen LogP contribution in [0.1, 0.15) is 33.3 Å². The lowest BCUT2D eigenvalue weighted by atomic mass is 10.1. The zero-order valence-electron chi connectivity index (χ0n) is 17.8. The number of pyridine rings is 1. The second-order valence-corrected chi connectivity index (χ2v) is 7.14. The Bertz CT molecular complexity index is 1250. The standard InChI is InChI=1S/C25H22N4O3/c1-3-32-25(31)21-16-22(29(28-21)23-9-4-5-14-26-23)19-7-6-8-20(15-19)27-24(30)18-12-10-17(2)11-13-18/h4-16H,3H2,1-2H3,(H,27,30). The number of aryl methyl sites for hydroxylation is 1. The van der Waals surface area contributed by atoms with Gasteiger partial charge in [-0.3, -0.25) is 4.79 Å². The lowest BCUT2D eigenvalue weighted by Gasteiger charge is -2.09. The second kappa shape index (κ2) is 9.26. The van der Waals surface area contributed by atoms with Crippen LogP contribution in [0.5, 0.6) is 0 Å². The molecule has 0 bridgehead atoms. The summed E-state index contributed by atoms with van der Waals surface area (Å²) in [4.78, 5) is 29.3. The van der Waals surface area contributed by atoms with E-state index >= 15 is 0 Å². The number of rotatable bonds is 6. The van der Waals surface area contributed by atoms with E-state index in [4.69, 9.17) is 4.74 Å². The van der Waals surface area contributed by atoms with E-state index in [-0.39, 0.29) is 18.2 Å². The average molecular weight is 426 g/mol. The van der Waals surface area contributed by atoms with Gasteiger partial charge in [0.2, 0.25) is 0 Å². The molecule has 0 radical (unpaired) electrons. The molecule has 0 aliphatic rings. The maximum atomic E-state index is 12.6. The first-order chi connectivity index (χ1) is 15.5. The number of hydrogen-bond donors (Lipinski definition) is 1. The van der Waals surface area contributed by atoms with Gasteiger partial charge in [-0.05, 0) is 56.3 Å². The third-order valence-corrected chi connectivity index (χ3v) is 4.79. The highest BCUT2D eigenvalue weighted by Gasteiger charge is 2.18. The van der Waals surface area contributed by atoms with Crippen LogP contribution in [0.4, 0.5) is 5.69 Å². The van der Waals surface area contributed by atoms with Crippen molar-refractivity contribution in [3.63, 3.8) is 0 Å². The number of esters is 1. The number of nitrogens with zero attached hydrogens (tertiary/aromatic N) is 3. The predicted molar refractivity (Wildman–Crippen MR) is 122 cm³/mol. The van der Waals surface area contributed by atoms with Gasteiger partial charge in [0, 0.05) is 23.0 Å². The molecule has 2 aromatic heterocycles. The van der Waals surface area contributed by atoms with E-state index < -0.39 is 5.97 Å². The molecule has 0 saturated heterocycles. The van der Waals surface area contributed by atoms with Gasteiger partial charge in [0.25, 0.3) is 5.91 Å². The first kappa shape index (κ1) is 21.0. The Labute approximate surface area is 185 Å². The molecule has 2 aromatic carbocycles. The van der Waals surface area contributed by atoms with Crippen LogP contribution in [0.2, 0.25) is 0 Å². The van der Waals surface area contributed by atoms with Crippen LogP contribution in [-0.4, -0.2) is 33.2 Å². The van der Waals surface area contributed by atoms with Crippen LogP contribution in [0.3, 0.4) is 0 Å². The van der Waals surface area contributed by atoms with Gasteiger partial charge >= 0.3 is 5.97 Å². The molecule has 1 amide bonds. The molecule has 0 fully saturated rings. The van der Waals surface area contributed by atoms with Crippen molar-refractivity contribution in [2.24, 2.45) is 0 Å². The van der Waals surface area contributed by atoms with Gasteiger partial charge in [-0.1, -0.05) is 35.9 Å². The van der Waals surface area contributed by atoms with Crippen molar-refractivity contribution >= 4 is 17.6 Å². The van der Waals surface area contributed by atoms with Crippen LogP contribution in [0.15, 0.2) is 79.0 Å². The smallest absolute Gasteiger partial charge is 0.358 e. The summed E-state index contributed by atoms with van der Waals surface area (Å²) in [6, 6.07) is 21.8. The molecular weight excluding hydrogens is 404 g/mol. The van der Waals surface area contributed by atoms with Crippen LogP contribution in [0, 0.1) is 6.92 Å². The molecule has 32 heavy (non-hydrogen) atoms. The van der Waals surface area contributed by atoms with Crippen molar-refractivity contribution < 1.29 is 14.3 Å². The van der Waals surface area contributed by atoms with E-state index in [1.807, 2.05) is 49.4 Å². The summed E-state index contributed by atoms with van der Waals surface area (Å²) >= 11 is 0. The number of carbonyl (C=O) groups excluding carboxylic acids is 2. The fraction of sp³-hybridized carbons (Fsp3) is 0.120. The molecule has 160 valence electrons. The Balaban J connectivity index is 1.69. The maximum absolute atomic E-state index is 12.6. The zero-order chi connectivity index (χ0) is 22.5. The number of aromatic nitrogens is 3. The predicted octanol–water partition coefficient (Wildman–Crippen LogP) is 4.67. The molecule has 1 N–H and O–H groups in total. The van der Waals surface area contributed by atoms with Crippen molar-refractivity contribution in [2.75, 3.05) is 11.9 Å². The average Bonchev–Trinajstić information content (AvgIpc) is 3.26. The number of carbonyl (C=O) groups is 2. The highest BCUT2D eigenvalue weighted by Crippen LogP contribution is 2.26. The molecule has 7 nitrogen and oxygen atoms in total. The van der Waals surface area contributed by atoms with Gasteiger partial charge in [0.1, 0.15) is 0 Å². The van der Waals surface area contributed by atoms with Crippen LogP contribution in [-0.2, 0) is 4.74 Å². The number of nitrogens with one attached hydrogen (secondary N) is 1. The summed E-state index contributed by atoms with van der Waals surface area (Å²) in [6.07, 6.45) is 1.66. The third kappa shape index (κ3) is 4.57. The Morgan fingerprint density at radius 2 is 1.81 bits per heavy atom. The molecule has 4 rings (SSSR count). The lowest BCUT2D eigenvalue weighted by Crippen LogP contribution is -2.11. The van der Waals surface area contributed by atoms with E-state index in [1.165, 1.54) is 0 Å². The molecule has 7 heteroatoms. The van der Waals surface area contributed by atoms with E-state index in [1.54, 1.807) is 48.1 Å². The molecule has 0 unspecified atom stereocenters. The van der Waals surface area contributed by atoms with Crippen molar-refractivity contribution in [3.8, 4) is 17.1 Å². The highest BCUT2D eigenvalue weighted by atomic mass is 16.5. The van der Waals surface area contributed by atoms with Crippen LogP contribution < -0.4 is 5.32 Å². The maximum Gasteiger partial charge on any atom is 0.358 e. The molecule has 0 aliphatic carbocycles. The van der Waals surface area contributed by atoms with Gasteiger partial charge in [-0.25, -0.2) is 14.5 Å². The second-order valence-electron chi connectivity index (χ2n) is 7.14. The van der Waals surface area contributed by atoms with E-state index in [0.717, 1.165) is 11.1 Å². The SMILES string of the molecule is CCOC(=O)c1cc(-c2cccc(NC(=O)c3ccc(C)cc3)c2)n(-c2ccccn2)n1. The minimum Gasteiger partial charge on any atom is -0.461 e. The summed E-state index contributed by atoms with van der Waals surface area (Å²) in [5, 5.41) is 7.34. The monoisotopic (exact) mass is 426 g/mol. The lowest BCUT2D eigenvalue weighted by molar-refractivity contribution is 0.0519. The molecule has 2 heterocycles. The Morgan fingerprint density at radius 1 is 1.00 bits per heavy atom. The van der Waals surface area contributed by atoms with E-state index in [2.05, 4.69) is 15.4 Å². The molecule has 0 saturated carbocycles. The summed E-state index contributed by atoms with van der Waals surface area (Å²) in [7, 11) is 0. The molecular formula is C25H22N4O3. The number of anilines is 1. The fourth-order valence-electron chi connectivity index (χ4n) is 3.21. The first-order valence-electron chi connectivity index (χ1n) is 10.2. The summed E-state index contributed by atoms with van der Waals surface area (Å²) in [5.74, 6) is -0.146. The van der Waals surface area contributed by atoms with Gasteiger partial charge in [0.05, 0.1) is 12.3 Å². The Morgan fingerprint density at radius 3 is 2.53 bits per heavy atom. The minimum absolute atomic E-state index is 0.182. The normalized spacial score (nSPS) is 10.6. The summed E-state index contributed by atoms with van der Waals surface area (Å²) in [6.45, 7) is 3.97. The molecule has 4 aromatic rings. The third-order valence-electron chi connectivity index (χ3n) is 4.79. The topological polar surface area (TPSA) is 86.1 Å². The van der Waals surface area contributed by atoms with Gasteiger partial charge in [0.15, 0.2) is 11.5 Å². The fourth-order valence-corrected chi connectivity index (χ4v) is 3.21. The van der Waals surface area contributed by atoms with E-state index in [9.17, 15) is 9.59 Å². The first-order valence-corrected chi connectivity index (χ1v) is 10.2. The van der Waals surface area contributed by atoms with Gasteiger partial charge in [-0.15, -0.1) is 0 Å². The number of benzene rings is 2. The van der Waals surface area contributed by atoms with Crippen molar-refractivity contribution in [1.29, 1.82) is 0 Å². The summed E-state index contributed by atoms with van der Waals surface area (Å²) in [5.41, 5.74) is 3.88. The number of hydrogen-bond acceptors (Lipinski definition) is 5. The summed E-state index contributed by atoms with van der Waals surface area (Å²) < 4.78 is 6.70. The van der Waals surface area contributed by atoms with Gasteiger partial charge < -0.3 is 10.1 Å². The molecule has 0 spiro atoms. The minimum atomic E-state index is -0.507. The molecule has 0 aliphatic heterocycles. The highest BCUT2D eigenvalue weighted by molar-refractivity contribution is 6.04. The largest absolute Gasteiger partial charge is 0.461 e. The van der Waals surface area contributed by atoms with Crippen molar-refractivity contribution in [2.45, 2.75) is 13.8 Å². The Kier molecular flexibility index (Phi) is 6.07. The van der Waals surface area contributed by atoms with E-state index in [0.29, 0.717) is 22.8 Å². The Hall–Kier alpha value is -4.26. The van der Waals surface area contributed by atoms with Gasteiger partial charge in [-0.2, -0.15) is 5.10 Å². The number of amides is 1. The van der Waals surface area contributed by atoms with Crippen LogP contribution >= 0.6 is 0 Å². The number of ether oxygens (including phenoxy) is 1. The molecule has 0 atom stereocenters. The van der Waals surface area contributed by atoms with Crippen molar-refractivity contribution in [3.05, 3.63) is 95.8 Å². The van der Waals surface area contributed by atoms with Crippen molar-refractivity contribution in [1.82, 2.24) is 14.8 Å². The van der Waals surface area contributed by atoms with Crippen LogP contribution in [0.25, 0.3) is 17.1 Å².